The average molecular weight is 401 g/mol. The Morgan fingerprint density at radius 2 is 1.62 bits per heavy atom. The number of benzene rings is 1. The molecule has 29 heavy (non-hydrogen) atoms. The first-order valence-corrected chi connectivity index (χ1v) is 9.98. The normalized spacial score (nSPS) is 18.1. The molecular formula is C21H27N3O5. The molecule has 4 amide bonds. The van der Waals surface area contributed by atoms with Crippen molar-refractivity contribution in [3.8, 4) is 0 Å². The Morgan fingerprint density at radius 3 is 2.14 bits per heavy atom. The molecule has 0 radical (unpaired) electrons. The monoisotopic (exact) mass is 401 g/mol. The molecular weight excluding hydrogens is 374 g/mol. The van der Waals surface area contributed by atoms with Gasteiger partial charge in [-0.3, -0.25) is 19.3 Å². The minimum Gasteiger partial charge on any atom is -0.449 e. The van der Waals surface area contributed by atoms with Crippen LogP contribution in [-0.4, -0.2) is 65.4 Å². The summed E-state index contributed by atoms with van der Waals surface area (Å²) in [6, 6.07) is 5.66. The van der Waals surface area contributed by atoms with E-state index >= 15 is 0 Å². The lowest BCUT2D eigenvalue weighted by atomic mass is 10.0. The molecule has 1 fully saturated rings. The number of hydrogen-bond donors (Lipinski definition) is 1. The van der Waals surface area contributed by atoms with E-state index in [-0.39, 0.29) is 17.9 Å². The van der Waals surface area contributed by atoms with E-state index in [1.807, 2.05) is 13.8 Å². The Hall–Kier alpha value is -2.90. The summed E-state index contributed by atoms with van der Waals surface area (Å²) in [5.41, 5.74) is 0.667. The van der Waals surface area contributed by atoms with E-state index in [4.69, 9.17) is 4.74 Å². The average Bonchev–Trinajstić information content (AvgIpc) is 2.96. The maximum atomic E-state index is 12.9. The van der Waals surface area contributed by atoms with Gasteiger partial charge < -0.3 is 15.0 Å². The SMILES string of the molecule is CC(C)COC(=O)NC1CCN(C(=O)C(C)N2C(=O)c3ccccc3C2=O)CC1. The molecule has 1 N–H and O–H groups in total. The van der Waals surface area contributed by atoms with Crippen LogP contribution in [0.5, 0.6) is 0 Å². The van der Waals surface area contributed by atoms with E-state index in [9.17, 15) is 19.2 Å². The minimum absolute atomic E-state index is 0.0617. The minimum atomic E-state index is -0.872. The van der Waals surface area contributed by atoms with Gasteiger partial charge in [0.25, 0.3) is 11.8 Å². The fraction of sp³-hybridized carbons (Fsp3) is 0.524. The molecule has 1 unspecified atom stereocenters. The number of imide groups is 1. The highest BCUT2D eigenvalue weighted by molar-refractivity contribution is 6.22. The number of carbonyl (C=O) groups is 4. The summed E-state index contributed by atoms with van der Waals surface area (Å²) in [7, 11) is 0. The lowest BCUT2D eigenvalue weighted by Crippen LogP contribution is -2.53. The molecule has 3 rings (SSSR count). The number of rotatable bonds is 5. The molecule has 8 heteroatoms. The van der Waals surface area contributed by atoms with E-state index < -0.39 is 23.9 Å². The zero-order valence-corrected chi connectivity index (χ0v) is 17.0. The van der Waals surface area contributed by atoms with Crippen LogP contribution in [0.1, 0.15) is 54.3 Å². The Morgan fingerprint density at radius 1 is 1.07 bits per heavy atom. The van der Waals surface area contributed by atoms with Gasteiger partial charge in [-0.1, -0.05) is 26.0 Å². The number of fused-ring (bicyclic) bond motifs is 1. The molecule has 2 aliphatic heterocycles. The Labute approximate surface area is 170 Å². The second-order valence-electron chi connectivity index (χ2n) is 7.94. The number of carbonyl (C=O) groups excluding carboxylic acids is 4. The summed E-state index contributed by atoms with van der Waals surface area (Å²) in [6.07, 6.45) is 0.747. The smallest absolute Gasteiger partial charge is 0.407 e. The summed E-state index contributed by atoms with van der Waals surface area (Å²) < 4.78 is 5.13. The molecule has 156 valence electrons. The van der Waals surface area contributed by atoms with Gasteiger partial charge in [-0.2, -0.15) is 0 Å². The van der Waals surface area contributed by atoms with E-state index in [0.29, 0.717) is 43.7 Å². The standard InChI is InChI=1S/C21H27N3O5/c1-13(2)12-29-21(28)22-15-8-10-23(11-9-15)18(25)14(3)24-19(26)16-6-4-5-7-17(16)20(24)27/h4-7,13-15H,8-12H2,1-3H3,(H,22,28). The van der Waals surface area contributed by atoms with Gasteiger partial charge in [-0.25, -0.2) is 4.79 Å². The Balaban J connectivity index is 1.54. The number of alkyl carbamates (subject to hydrolysis) is 1. The number of nitrogens with zero attached hydrogens (tertiary/aromatic N) is 2. The van der Waals surface area contributed by atoms with Crippen molar-refractivity contribution in [1.82, 2.24) is 15.1 Å². The molecule has 1 aromatic carbocycles. The van der Waals surface area contributed by atoms with Gasteiger partial charge in [0.15, 0.2) is 0 Å². The van der Waals surface area contributed by atoms with Crippen molar-refractivity contribution in [1.29, 1.82) is 0 Å². The van der Waals surface area contributed by atoms with Crippen molar-refractivity contribution in [2.45, 2.75) is 45.7 Å². The molecule has 2 aliphatic rings. The summed E-state index contributed by atoms with van der Waals surface area (Å²) in [6.45, 7) is 6.77. The van der Waals surface area contributed by atoms with Gasteiger partial charge in [0.2, 0.25) is 5.91 Å². The van der Waals surface area contributed by atoms with Crippen molar-refractivity contribution in [3.63, 3.8) is 0 Å². The van der Waals surface area contributed by atoms with Gasteiger partial charge in [-0.15, -0.1) is 0 Å². The maximum absolute atomic E-state index is 12.9. The number of hydrogen-bond acceptors (Lipinski definition) is 5. The van der Waals surface area contributed by atoms with Crippen LogP contribution >= 0.6 is 0 Å². The molecule has 0 aliphatic carbocycles. The third-order valence-electron chi connectivity index (χ3n) is 5.25. The van der Waals surface area contributed by atoms with Crippen molar-refractivity contribution < 1.29 is 23.9 Å². The van der Waals surface area contributed by atoms with Crippen LogP contribution in [0.15, 0.2) is 24.3 Å². The van der Waals surface area contributed by atoms with E-state index in [1.54, 1.807) is 36.1 Å². The molecule has 2 heterocycles. The highest BCUT2D eigenvalue weighted by atomic mass is 16.5. The Kier molecular flexibility index (Phi) is 6.20. The van der Waals surface area contributed by atoms with E-state index in [1.165, 1.54) is 0 Å². The molecule has 0 bridgehead atoms. The van der Waals surface area contributed by atoms with Crippen LogP contribution in [0, 0.1) is 5.92 Å². The first kappa shape index (κ1) is 20.8. The summed E-state index contributed by atoms with van der Waals surface area (Å²) in [4.78, 5) is 52.6. The first-order chi connectivity index (χ1) is 13.8. The van der Waals surface area contributed by atoms with Gasteiger partial charge in [0, 0.05) is 19.1 Å². The van der Waals surface area contributed by atoms with E-state index in [0.717, 1.165) is 4.90 Å². The molecule has 1 aromatic rings. The van der Waals surface area contributed by atoms with Crippen LogP contribution in [0.25, 0.3) is 0 Å². The Bertz CT molecular complexity index is 779. The molecule has 0 spiro atoms. The molecule has 1 saturated heterocycles. The van der Waals surface area contributed by atoms with Gasteiger partial charge in [0.1, 0.15) is 6.04 Å². The maximum Gasteiger partial charge on any atom is 0.407 e. The van der Waals surface area contributed by atoms with Crippen LogP contribution < -0.4 is 5.32 Å². The quantitative estimate of drug-likeness (QED) is 0.762. The number of nitrogens with one attached hydrogen (secondary N) is 1. The lowest BCUT2D eigenvalue weighted by molar-refractivity contribution is -0.136. The predicted molar refractivity (Wildman–Crippen MR) is 105 cm³/mol. The fourth-order valence-electron chi connectivity index (χ4n) is 3.63. The first-order valence-electron chi connectivity index (χ1n) is 9.98. The topological polar surface area (TPSA) is 96.0 Å². The second kappa shape index (κ2) is 8.63. The van der Waals surface area contributed by atoms with Crippen LogP contribution in [-0.2, 0) is 9.53 Å². The molecule has 1 atom stereocenters. The van der Waals surface area contributed by atoms with Crippen molar-refractivity contribution in [3.05, 3.63) is 35.4 Å². The third kappa shape index (κ3) is 4.41. The largest absolute Gasteiger partial charge is 0.449 e. The van der Waals surface area contributed by atoms with Gasteiger partial charge >= 0.3 is 6.09 Å². The van der Waals surface area contributed by atoms with Crippen LogP contribution in [0.2, 0.25) is 0 Å². The lowest BCUT2D eigenvalue weighted by Gasteiger charge is -2.35. The zero-order chi connectivity index (χ0) is 21.1. The molecule has 0 aromatic heterocycles. The number of ether oxygens (including phenoxy) is 1. The van der Waals surface area contributed by atoms with Crippen LogP contribution in [0.3, 0.4) is 0 Å². The number of amides is 4. The highest BCUT2D eigenvalue weighted by Crippen LogP contribution is 2.25. The third-order valence-corrected chi connectivity index (χ3v) is 5.25. The summed E-state index contributed by atoms with van der Waals surface area (Å²) in [5, 5.41) is 2.83. The van der Waals surface area contributed by atoms with Crippen molar-refractivity contribution in [2.24, 2.45) is 5.92 Å². The van der Waals surface area contributed by atoms with Gasteiger partial charge in [-0.05, 0) is 37.8 Å². The number of likely N-dealkylation sites (tertiary alicyclic amines) is 1. The predicted octanol–water partition coefficient (Wildman–Crippen LogP) is 2.04. The number of piperidine rings is 1. The summed E-state index contributed by atoms with van der Waals surface area (Å²) >= 11 is 0. The summed E-state index contributed by atoms with van der Waals surface area (Å²) in [5.74, 6) is -0.865. The fourth-order valence-corrected chi connectivity index (χ4v) is 3.63. The molecule has 8 nitrogen and oxygen atoms in total. The zero-order valence-electron chi connectivity index (χ0n) is 17.0. The van der Waals surface area contributed by atoms with Crippen LogP contribution in [0.4, 0.5) is 4.79 Å². The highest BCUT2D eigenvalue weighted by Gasteiger charge is 2.42. The van der Waals surface area contributed by atoms with Crippen molar-refractivity contribution >= 4 is 23.8 Å². The second-order valence-corrected chi connectivity index (χ2v) is 7.94. The van der Waals surface area contributed by atoms with Crippen molar-refractivity contribution in [2.75, 3.05) is 19.7 Å². The van der Waals surface area contributed by atoms with Gasteiger partial charge in [0.05, 0.1) is 17.7 Å². The molecule has 0 saturated carbocycles. The van der Waals surface area contributed by atoms with E-state index in [2.05, 4.69) is 5.32 Å².